The number of anilines is 1. The Bertz CT molecular complexity index is 694. The highest BCUT2D eigenvalue weighted by atomic mass is 35.5. The molecule has 7 nitrogen and oxygen atoms in total. The summed E-state index contributed by atoms with van der Waals surface area (Å²) in [4.78, 5) is 29.7. The Morgan fingerprint density at radius 1 is 1.48 bits per heavy atom. The molecule has 8 heteroatoms. The van der Waals surface area contributed by atoms with E-state index in [1.807, 2.05) is 18.7 Å². The Kier molecular flexibility index (Phi) is 4.77. The molecule has 2 fully saturated rings. The van der Waals surface area contributed by atoms with E-state index in [2.05, 4.69) is 15.6 Å². The van der Waals surface area contributed by atoms with Crippen LogP contribution < -0.4 is 15.5 Å². The fourth-order valence-corrected chi connectivity index (χ4v) is 3.53. The summed E-state index contributed by atoms with van der Waals surface area (Å²) in [7, 11) is 0. The Hall–Kier alpha value is -2.02. The van der Waals surface area contributed by atoms with Gasteiger partial charge in [0, 0.05) is 25.3 Å². The number of hydrogen-bond acceptors (Lipinski definition) is 4. The molecular weight excluding hydrogens is 344 g/mol. The predicted octanol–water partition coefficient (Wildman–Crippen LogP) is 2.50. The van der Waals surface area contributed by atoms with Crippen molar-refractivity contribution in [2.24, 2.45) is 5.92 Å². The van der Waals surface area contributed by atoms with Crippen LogP contribution in [0.1, 0.15) is 43.5 Å². The molecule has 25 heavy (non-hydrogen) atoms. The maximum Gasteiger partial charge on any atom is 0.405 e. The molecule has 2 aliphatic rings. The van der Waals surface area contributed by atoms with Crippen LogP contribution in [0.4, 0.5) is 10.5 Å². The van der Waals surface area contributed by atoms with Gasteiger partial charge in [0.2, 0.25) is 0 Å². The highest BCUT2D eigenvalue weighted by Gasteiger charge is 2.37. The second kappa shape index (κ2) is 6.71. The molecule has 2 atom stereocenters. The first-order valence-electron chi connectivity index (χ1n) is 8.50. The molecule has 136 valence electrons. The maximum absolute atomic E-state index is 12.7. The average molecular weight is 367 g/mol. The lowest BCUT2D eigenvalue weighted by Gasteiger charge is -2.26. The summed E-state index contributed by atoms with van der Waals surface area (Å²) in [5.41, 5.74) is 0.601. The summed E-state index contributed by atoms with van der Waals surface area (Å²) in [6, 6.07) is 1.80. The van der Waals surface area contributed by atoms with E-state index in [0.29, 0.717) is 41.8 Å². The lowest BCUT2D eigenvalue weighted by atomic mass is 10.0. The van der Waals surface area contributed by atoms with Gasteiger partial charge in [-0.3, -0.25) is 4.79 Å². The van der Waals surface area contributed by atoms with Crippen LogP contribution in [0.25, 0.3) is 0 Å². The van der Waals surface area contributed by atoms with Crippen LogP contribution in [0.2, 0.25) is 5.15 Å². The zero-order chi connectivity index (χ0) is 18.2. The second-order valence-electron chi connectivity index (χ2n) is 7.29. The van der Waals surface area contributed by atoms with Gasteiger partial charge in [-0.05, 0) is 45.1 Å². The number of nitrogens with zero attached hydrogens (tertiary/aromatic N) is 2. The van der Waals surface area contributed by atoms with E-state index in [9.17, 15) is 9.59 Å². The highest BCUT2D eigenvalue weighted by molar-refractivity contribution is 6.29. The number of pyridine rings is 1. The molecular formula is C17H23ClN4O3. The van der Waals surface area contributed by atoms with Crippen molar-refractivity contribution < 1.29 is 14.7 Å². The number of carbonyl (C=O) groups excluding carboxylic acids is 1. The molecule has 0 bridgehead atoms. The van der Waals surface area contributed by atoms with Crippen LogP contribution in [0, 0.1) is 5.92 Å². The van der Waals surface area contributed by atoms with Crippen LogP contribution in [0.15, 0.2) is 12.3 Å². The van der Waals surface area contributed by atoms with Gasteiger partial charge in [0.1, 0.15) is 5.15 Å². The molecule has 1 saturated carbocycles. The third-order valence-electron chi connectivity index (χ3n) is 5.00. The maximum atomic E-state index is 12.7. The average Bonchev–Trinajstić information content (AvgIpc) is 3.30. The van der Waals surface area contributed by atoms with Gasteiger partial charge < -0.3 is 20.6 Å². The van der Waals surface area contributed by atoms with Gasteiger partial charge in [0.05, 0.1) is 16.8 Å². The first-order chi connectivity index (χ1) is 11.8. The fraction of sp³-hybridized carbons (Fsp3) is 0.588. The van der Waals surface area contributed by atoms with Gasteiger partial charge in [-0.2, -0.15) is 0 Å². The Balaban J connectivity index is 1.80. The minimum absolute atomic E-state index is 0.133. The van der Waals surface area contributed by atoms with E-state index in [-0.39, 0.29) is 11.9 Å². The number of carbonyl (C=O) groups is 2. The summed E-state index contributed by atoms with van der Waals surface area (Å²) in [6.45, 7) is 4.98. The Morgan fingerprint density at radius 3 is 2.84 bits per heavy atom. The zero-order valence-electron chi connectivity index (χ0n) is 14.4. The molecule has 0 aromatic carbocycles. The van der Waals surface area contributed by atoms with Gasteiger partial charge in [-0.15, -0.1) is 0 Å². The molecule has 3 N–H and O–H groups in total. The van der Waals surface area contributed by atoms with E-state index in [1.54, 1.807) is 6.07 Å². The van der Waals surface area contributed by atoms with Crippen LogP contribution in [-0.4, -0.2) is 46.8 Å². The number of amides is 2. The second-order valence-corrected chi connectivity index (χ2v) is 7.67. The summed E-state index contributed by atoms with van der Waals surface area (Å²) in [6.07, 6.45) is 3.40. The number of aromatic nitrogens is 1. The number of nitrogens with one attached hydrogen (secondary N) is 2. The van der Waals surface area contributed by atoms with Crippen LogP contribution in [0.3, 0.4) is 0 Å². The Labute approximate surface area is 151 Å². The zero-order valence-corrected chi connectivity index (χ0v) is 15.1. The highest BCUT2D eigenvalue weighted by Crippen LogP contribution is 2.33. The fourth-order valence-electron chi connectivity index (χ4n) is 3.38. The molecule has 0 radical (unpaired) electrons. The third kappa shape index (κ3) is 4.15. The van der Waals surface area contributed by atoms with Gasteiger partial charge in [-0.25, -0.2) is 9.78 Å². The molecule has 0 spiro atoms. The Morgan fingerprint density at radius 2 is 2.20 bits per heavy atom. The minimum atomic E-state index is -1.05. The minimum Gasteiger partial charge on any atom is -0.465 e. The standard InChI is InChI=1S/C17H23ClN4O3/c1-10(11-3-4-11)20-15(23)12-8-19-14(18)7-13(12)22-6-5-17(2,9-22)21-16(24)25/h7-8,10-11,21H,3-6,9H2,1-2H3,(H,20,23)(H,24,25)/t10?,17-/m0/s1. The molecule has 2 amide bonds. The number of rotatable bonds is 5. The van der Waals surface area contributed by atoms with Crippen LogP contribution in [-0.2, 0) is 0 Å². The SMILES string of the molecule is CC(NC(=O)c1cnc(Cl)cc1N1CC[C@](C)(NC(=O)O)C1)C1CC1. The summed E-state index contributed by atoms with van der Waals surface area (Å²) in [5, 5.41) is 14.9. The molecule has 1 aliphatic carbocycles. The topological polar surface area (TPSA) is 94.6 Å². The first kappa shape index (κ1) is 17.8. The van der Waals surface area contributed by atoms with E-state index >= 15 is 0 Å². The largest absolute Gasteiger partial charge is 0.465 e. The van der Waals surface area contributed by atoms with E-state index < -0.39 is 11.6 Å². The van der Waals surface area contributed by atoms with Crippen molar-refractivity contribution in [2.45, 2.75) is 44.7 Å². The number of halogens is 1. The van der Waals surface area contributed by atoms with Crippen molar-refractivity contribution >= 4 is 29.3 Å². The number of hydrogen-bond donors (Lipinski definition) is 3. The quantitative estimate of drug-likeness (QED) is 0.696. The molecule has 2 heterocycles. The lowest BCUT2D eigenvalue weighted by molar-refractivity contribution is 0.0936. The summed E-state index contributed by atoms with van der Waals surface area (Å²) >= 11 is 6.04. The molecule has 1 aromatic rings. The molecule has 1 aromatic heterocycles. The predicted molar refractivity (Wildman–Crippen MR) is 95.3 cm³/mol. The number of carboxylic acid groups (broad SMARTS) is 1. The first-order valence-corrected chi connectivity index (χ1v) is 8.88. The van der Waals surface area contributed by atoms with Crippen molar-refractivity contribution in [3.8, 4) is 0 Å². The van der Waals surface area contributed by atoms with E-state index in [1.165, 1.54) is 6.20 Å². The molecule has 1 aliphatic heterocycles. The normalized spacial score (nSPS) is 24.0. The lowest BCUT2D eigenvalue weighted by Crippen LogP contribution is -2.47. The van der Waals surface area contributed by atoms with Gasteiger partial charge >= 0.3 is 6.09 Å². The molecule has 1 unspecified atom stereocenters. The smallest absolute Gasteiger partial charge is 0.405 e. The van der Waals surface area contributed by atoms with Gasteiger partial charge in [-0.1, -0.05) is 11.6 Å². The van der Waals surface area contributed by atoms with Gasteiger partial charge in [0.25, 0.3) is 5.91 Å². The van der Waals surface area contributed by atoms with Crippen molar-refractivity contribution in [1.29, 1.82) is 0 Å². The van der Waals surface area contributed by atoms with Crippen molar-refractivity contribution in [3.63, 3.8) is 0 Å². The molecule has 1 saturated heterocycles. The molecule has 3 rings (SSSR count). The van der Waals surface area contributed by atoms with E-state index in [4.69, 9.17) is 16.7 Å². The summed E-state index contributed by atoms with van der Waals surface area (Å²) < 4.78 is 0. The van der Waals surface area contributed by atoms with Crippen molar-refractivity contribution in [2.75, 3.05) is 18.0 Å². The van der Waals surface area contributed by atoms with Crippen molar-refractivity contribution in [3.05, 3.63) is 23.0 Å². The monoisotopic (exact) mass is 366 g/mol. The van der Waals surface area contributed by atoms with Crippen LogP contribution >= 0.6 is 11.6 Å². The van der Waals surface area contributed by atoms with Gasteiger partial charge in [0.15, 0.2) is 0 Å². The van der Waals surface area contributed by atoms with E-state index in [0.717, 1.165) is 12.8 Å². The van der Waals surface area contributed by atoms with Crippen LogP contribution in [0.5, 0.6) is 0 Å². The third-order valence-corrected chi connectivity index (χ3v) is 5.21. The summed E-state index contributed by atoms with van der Waals surface area (Å²) in [5.74, 6) is 0.390. The van der Waals surface area contributed by atoms with Crippen molar-refractivity contribution in [1.82, 2.24) is 15.6 Å².